The van der Waals surface area contributed by atoms with Crippen molar-refractivity contribution in [1.82, 2.24) is 57.1 Å². The molecular weight excluding hydrogens is 1320 g/mol. The first-order chi connectivity index (χ1) is 41.9. The molecule has 4 aliphatic heterocycles. The van der Waals surface area contributed by atoms with Gasteiger partial charge in [0.05, 0.1) is 16.0 Å². The summed E-state index contributed by atoms with van der Waals surface area (Å²) in [4.78, 5) is 126. The molecule has 0 radical (unpaired) electrons. The van der Waals surface area contributed by atoms with Gasteiger partial charge in [0.25, 0.3) is 47.3 Å². The second-order valence-corrected chi connectivity index (χ2v) is 23.9. The molecule has 4 unspecified atom stereocenters. The summed E-state index contributed by atoms with van der Waals surface area (Å²) in [6.45, 7) is 3.32. The van der Waals surface area contributed by atoms with Crippen LogP contribution in [0.2, 0.25) is 0 Å². The Kier molecular flexibility index (Phi) is 25.7. The Labute approximate surface area is 545 Å². The third-order valence-corrected chi connectivity index (χ3v) is 16.0. The van der Waals surface area contributed by atoms with Gasteiger partial charge in [-0.25, -0.2) is 8.42 Å². The summed E-state index contributed by atoms with van der Waals surface area (Å²) in [5.41, 5.74) is -4.08. The number of amides is 8. The second-order valence-electron chi connectivity index (χ2n) is 22.1. The second kappa shape index (κ2) is 32.6. The van der Waals surface area contributed by atoms with E-state index >= 15 is 0 Å². The molecule has 8 rings (SSSR count). The van der Waals surface area contributed by atoms with Crippen LogP contribution in [0.3, 0.4) is 0 Å². The van der Waals surface area contributed by atoms with Gasteiger partial charge in [0.2, 0.25) is 10.0 Å². The van der Waals surface area contributed by atoms with E-state index in [1.807, 2.05) is 0 Å². The van der Waals surface area contributed by atoms with Crippen molar-refractivity contribution >= 4 is 63.3 Å². The van der Waals surface area contributed by atoms with Crippen LogP contribution in [0.1, 0.15) is 129 Å². The molecule has 12 bridgehead atoms. The number of aromatic hydroxyl groups is 1. The van der Waals surface area contributed by atoms with Crippen LogP contribution in [-0.4, -0.2) is 180 Å². The van der Waals surface area contributed by atoms with Gasteiger partial charge in [-0.1, -0.05) is 71.9 Å². The van der Waals surface area contributed by atoms with E-state index in [-0.39, 0.29) is 189 Å². The fourth-order valence-corrected chi connectivity index (χ4v) is 10.9. The van der Waals surface area contributed by atoms with E-state index in [2.05, 4.69) is 47.3 Å². The van der Waals surface area contributed by atoms with Crippen LogP contribution in [0, 0.1) is 50.4 Å². The number of carbonyl (C=O) groups is 9. The molecule has 0 saturated heterocycles. The van der Waals surface area contributed by atoms with Gasteiger partial charge in [-0.05, 0) is 82.6 Å². The average molecular weight is 1390 g/mol. The molecule has 0 saturated carbocycles. The number of carbonyl (C=O) groups excluding carboxylic acids is 9. The third kappa shape index (κ3) is 19.8. The number of allylic oxidation sites excluding steroid dienone is 2. The van der Waals surface area contributed by atoms with Gasteiger partial charge in [0.15, 0.2) is 0 Å². The van der Waals surface area contributed by atoms with Gasteiger partial charge in [0, 0.05) is 125 Å². The van der Waals surface area contributed by atoms with E-state index in [4.69, 9.17) is 4.74 Å². The Balaban J connectivity index is 0.0000126. The molecule has 8 amide bonds. The quantitative estimate of drug-likeness (QED) is 0.0880. The molecule has 29 heteroatoms. The first-order valence-corrected chi connectivity index (χ1v) is 30.3. The maximum Gasteiger partial charge on any atom is 3.00 e. The molecule has 89 heavy (non-hydrogen) atoms. The maximum absolute atomic E-state index is 14.3. The van der Waals surface area contributed by atoms with Crippen molar-refractivity contribution in [3.05, 3.63) is 123 Å². The molecule has 4 aliphatic rings. The summed E-state index contributed by atoms with van der Waals surface area (Å²) in [6, 6.07) is 13.6. The van der Waals surface area contributed by atoms with Crippen LogP contribution >= 0.6 is 0 Å². The number of sulfonamides is 1. The summed E-state index contributed by atoms with van der Waals surface area (Å²) >= 11 is 0. The van der Waals surface area contributed by atoms with Crippen molar-refractivity contribution in [3.8, 4) is 23.0 Å². The minimum atomic E-state index is -4.74. The monoisotopic (exact) mass is 1390 g/mol. The molecule has 0 fully saturated rings. The van der Waals surface area contributed by atoms with E-state index in [0.717, 1.165) is 12.1 Å². The zero-order valence-electron chi connectivity index (χ0n) is 49.3. The van der Waals surface area contributed by atoms with Crippen LogP contribution in [0.25, 0.3) is 0 Å². The van der Waals surface area contributed by atoms with E-state index in [1.165, 1.54) is 54.6 Å². The van der Waals surface area contributed by atoms with E-state index in [0.29, 0.717) is 0 Å². The number of rotatable bonds is 4. The number of nitrogens with zero attached hydrogens (tertiary/aromatic N) is 2. The van der Waals surface area contributed by atoms with E-state index in [1.54, 1.807) is 42.7 Å². The van der Waals surface area contributed by atoms with Crippen LogP contribution < -0.4 is 62.6 Å². The topological polar surface area (TPSA) is 401 Å². The predicted octanol–water partition coefficient (Wildman–Crippen LogP) is -0.834. The first kappa shape index (κ1) is 70.3. The Morgan fingerprint density at radius 1 is 0.494 bits per heavy atom. The van der Waals surface area contributed by atoms with Crippen molar-refractivity contribution < 1.29 is 115 Å². The molecule has 10 N–H and O–H groups in total. The zero-order chi connectivity index (χ0) is 63.7. The molecule has 27 nitrogen and oxygen atoms in total. The van der Waals surface area contributed by atoms with Crippen molar-refractivity contribution in [2.24, 2.45) is 11.8 Å². The number of fused-ring (bicyclic) bond motifs is 15. The summed E-state index contributed by atoms with van der Waals surface area (Å²) in [7, 11) is -4.74. The third-order valence-electron chi connectivity index (χ3n) is 14.7. The fraction of sp³-hybridized carbons (Fsp3) is 0.417. The number of nitrogens with one attached hydrogen (secondary N) is 9. The number of ether oxygens (including phenoxy) is 1. The number of esters is 1. The molecule has 478 valence electrons. The molecular formula is C60H72N11O16STb. The molecule has 4 aromatic rings. The SMILES string of the molecule is CC(C)(C)OC(=O)CNS(=O)(=O)c1cc2c([O-])c(c1)C(=O)NCCN1CCNC(=O)c3cccc(c3[O-])C(=O)NCCC(/C=C/C3CCNC(=O)c4cccc(c4[O-])C(=O)NCCN(CCNC(=O)c4cccc(c4O)C(=O)NCC3)CC1)CCNC2=O.[Tb+3]. The van der Waals surface area contributed by atoms with Crippen molar-refractivity contribution in [3.63, 3.8) is 0 Å². The number of benzene rings is 4. The number of phenols is 1. The van der Waals surface area contributed by atoms with Crippen molar-refractivity contribution in [2.45, 2.75) is 57.0 Å². The zero-order valence-corrected chi connectivity index (χ0v) is 52.3. The number of hydrogen-bond donors (Lipinski definition) is 10. The van der Waals surface area contributed by atoms with Crippen LogP contribution in [0.5, 0.6) is 23.0 Å². The molecule has 0 aliphatic carbocycles. The molecule has 4 aromatic carbocycles. The van der Waals surface area contributed by atoms with Crippen molar-refractivity contribution in [1.29, 1.82) is 0 Å². The Morgan fingerprint density at radius 2 is 0.775 bits per heavy atom. The molecule has 0 aromatic heterocycles. The van der Waals surface area contributed by atoms with Crippen molar-refractivity contribution in [2.75, 3.05) is 98.2 Å². The largest absolute Gasteiger partial charge is 3.00 e. The first-order valence-electron chi connectivity index (χ1n) is 28.8. The van der Waals surface area contributed by atoms with Crippen LogP contribution in [0.4, 0.5) is 0 Å². The Morgan fingerprint density at radius 3 is 1.10 bits per heavy atom. The minimum Gasteiger partial charge on any atom is -0.871 e. The summed E-state index contributed by atoms with van der Waals surface area (Å²) in [5, 5.41) is 74.8. The number of hydrogen-bond acceptors (Lipinski definition) is 18. The molecule has 4 heterocycles. The number of para-hydroxylation sites is 3. The normalized spacial score (nSPS) is 20.8. The van der Waals surface area contributed by atoms with Gasteiger partial charge >= 0.3 is 44.6 Å². The Bertz CT molecular complexity index is 3360. The van der Waals surface area contributed by atoms with Gasteiger partial charge in [-0.15, -0.1) is 0 Å². The van der Waals surface area contributed by atoms with Gasteiger partial charge < -0.3 is 67.7 Å². The van der Waals surface area contributed by atoms with Gasteiger partial charge in [-0.2, -0.15) is 4.72 Å². The summed E-state index contributed by atoms with van der Waals surface area (Å²) < 4.78 is 35.1. The molecule has 4 atom stereocenters. The Hall–Kier alpha value is -7.83. The minimum absolute atomic E-state index is 0. The van der Waals surface area contributed by atoms with E-state index in [9.17, 15) is 72.0 Å². The standard InChI is InChI=1S/C60H75N11O16S.Tb/c1-60(2,3)87-47(72)35-69-88(85,86)38-33-45-51(76)46(34-38)59(84)68-26-30-71-29-25-67-57(82)44-12-6-9-41(50(44)75)54(79)63-21-17-37(18-22-64-58(45)83)14-13-36-15-19-61-52(77)39-7-4-10-42(48(39)73)55(80)65-23-27-70(31-32-71)28-24-66-56(81)43-11-5-8-40(49(43)74)53(78)62-20-16-36;/h4-14,33-34,36-37,69,73-76H,15-32,35H2,1-3H3,(H,61,77)(H,62,78)(H,63,79)(H,64,83)(H,65,80)(H,66,81)(H,67,82)(H,68,84);/q;+3/p-3/b14-13+;. The summed E-state index contributed by atoms with van der Waals surface area (Å²) in [5.74, 6) is -12.1. The predicted molar refractivity (Wildman–Crippen MR) is 313 cm³/mol. The smallest absolute Gasteiger partial charge is 0.871 e. The molecule has 0 spiro atoms. The van der Waals surface area contributed by atoms with Gasteiger partial charge in [0.1, 0.15) is 17.9 Å². The van der Waals surface area contributed by atoms with Gasteiger partial charge in [-0.3, -0.25) is 53.0 Å². The maximum atomic E-state index is 14.3. The van der Waals surface area contributed by atoms with Crippen LogP contribution in [0.15, 0.2) is 83.8 Å². The average Bonchev–Trinajstić information content (AvgIpc) is 2.08. The summed E-state index contributed by atoms with van der Waals surface area (Å²) in [6.07, 6.45) is 4.03. The van der Waals surface area contributed by atoms with E-state index < -0.39 is 126 Å². The number of phenolic OH excluding ortho intramolecular Hbond substituents is 1. The fourth-order valence-electron chi connectivity index (χ4n) is 9.91. The van der Waals surface area contributed by atoms with Crippen LogP contribution in [-0.2, 0) is 19.6 Å².